The zero-order valence-corrected chi connectivity index (χ0v) is 12.5. The number of hydrogen-bond acceptors (Lipinski definition) is 3. The largest absolute Gasteiger partial charge is 0.460 e. The number of amides is 1. The third-order valence-electron chi connectivity index (χ3n) is 3.07. The number of halogens is 3. The van der Waals surface area contributed by atoms with Crippen LogP contribution in [0.25, 0.3) is 11.3 Å². The van der Waals surface area contributed by atoms with Gasteiger partial charge < -0.3 is 15.1 Å². The van der Waals surface area contributed by atoms with Crippen molar-refractivity contribution in [1.29, 1.82) is 0 Å². The van der Waals surface area contributed by atoms with Crippen LogP contribution in [0.1, 0.15) is 11.3 Å². The lowest BCUT2D eigenvalue weighted by molar-refractivity contribution is -0.137. The summed E-state index contributed by atoms with van der Waals surface area (Å²) in [5.74, 6) is 0.583. The van der Waals surface area contributed by atoms with Crippen molar-refractivity contribution in [2.24, 2.45) is 0 Å². The van der Waals surface area contributed by atoms with Gasteiger partial charge >= 0.3 is 6.18 Å². The number of hydrogen-bond donors (Lipinski definition) is 2. The molecule has 1 aromatic carbocycles. The molecule has 0 saturated carbocycles. The van der Waals surface area contributed by atoms with Gasteiger partial charge in [0, 0.05) is 5.56 Å². The average molecular weight is 326 g/mol. The van der Waals surface area contributed by atoms with Gasteiger partial charge in [-0.1, -0.05) is 29.8 Å². The van der Waals surface area contributed by atoms with Crippen LogP contribution in [0, 0.1) is 6.92 Å². The van der Waals surface area contributed by atoms with E-state index in [4.69, 9.17) is 4.42 Å². The Hall–Kier alpha value is -2.28. The van der Waals surface area contributed by atoms with Gasteiger partial charge in [0.05, 0.1) is 13.1 Å². The SMILES string of the molecule is Cc1ccc(-c2ccc(CNCC(=O)NCC(F)(F)F)o2)cc1. The van der Waals surface area contributed by atoms with E-state index in [2.05, 4.69) is 5.32 Å². The summed E-state index contributed by atoms with van der Waals surface area (Å²) in [6.45, 7) is 0.707. The van der Waals surface area contributed by atoms with Crippen LogP contribution in [0.4, 0.5) is 13.2 Å². The zero-order chi connectivity index (χ0) is 16.9. The first-order chi connectivity index (χ1) is 10.8. The number of rotatable bonds is 6. The van der Waals surface area contributed by atoms with Crippen LogP contribution in [-0.2, 0) is 11.3 Å². The van der Waals surface area contributed by atoms with E-state index in [9.17, 15) is 18.0 Å². The summed E-state index contributed by atoms with van der Waals surface area (Å²) in [6, 6.07) is 11.4. The maximum Gasteiger partial charge on any atom is 0.405 e. The summed E-state index contributed by atoms with van der Waals surface area (Å²) in [5, 5.41) is 4.53. The van der Waals surface area contributed by atoms with E-state index in [-0.39, 0.29) is 13.1 Å². The molecule has 4 nitrogen and oxygen atoms in total. The highest BCUT2D eigenvalue weighted by Crippen LogP contribution is 2.22. The summed E-state index contributed by atoms with van der Waals surface area (Å²) in [7, 11) is 0. The molecule has 1 aromatic heterocycles. The quantitative estimate of drug-likeness (QED) is 0.858. The molecule has 0 spiro atoms. The summed E-state index contributed by atoms with van der Waals surface area (Å²) < 4.78 is 41.5. The third-order valence-corrected chi connectivity index (χ3v) is 3.07. The molecule has 0 atom stereocenters. The zero-order valence-electron chi connectivity index (χ0n) is 12.5. The van der Waals surface area contributed by atoms with E-state index >= 15 is 0 Å². The van der Waals surface area contributed by atoms with Crippen LogP contribution in [0.5, 0.6) is 0 Å². The molecule has 1 amide bonds. The molecule has 0 aliphatic carbocycles. The Morgan fingerprint density at radius 3 is 2.48 bits per heavy atom. The maximum atomic E-state index is 11.9. The number of furan rings is 1. The fraction of sp³-hybridized carbons (Fsp3) is 0.312. The van der Waals surface area contributed by atoms with E-state index in [0.29, 0.717) is 11.5 Å². The van der Waals surface area contributed by atoms with Crippen molar-refractivity contribution >= 4 is 5.91 Å². The predicted molar refractivity (Wildman–Crippen MR) is 79.7 cm³/mol. The predicted octanol–water partition coefficient (Wildman–Crippen LogP) is 3.02. The van der Waals surface area contributed by atoms with E-state index in [1.807, 2.05) is 37.3 Å². The van der Waals surface area contributed by atoms with E-state index in [1.165, 1.54) is 0 Å². The summed E-state index contributed by atoms with van der Waals surface area (Å²) in [6.07, 6.45) is -4.40. The molecule has 0 aliphatic rings. The molecule has 0 radical (unpaired) electrons. The van der Waals surface area contributed by atoms with Crippen molar-refractivity contribution in [1.82, 2.24) is 10.6 Å². The van der Waals surface area contributed by atoms with Crippen LogP contribution < -0.4 is 10.6 Å². The average Bonchev–Trinajstić information content (AvgIpc) is 2.94. The topological polar surface area (TPSA) is 54.3 Å². The highest BCUT2D eigenvalue weighted by atomic mass is 19.4. The Bertz CT molecular complexity index is 648. The number of alkyl halides is 3. The minimum atomic E-state index is -4.40. The number of aryl methyl sites for hydroxylation is 1. The summed E-state index contributed by atoms with van der Waals surface area (Å²) >= 11 is 0. The van der Waals surface area contributed by atoms with Gasteiger partial charge in [-0.3, -0.25) is 4.79 Å². The fourth-order valence-corrected chi connectivity index (χ4v) is 1.91. The first-order valence-corrected chi connectivity index (χ1v) is 7.03. The first kappa shape index (κ1) is 17.1. The van der Waals surface area contributed by atoms with Crippen LogP contribution in [0.2, 0.25) is 0 Å². The minimum Gasteiger partial charge on any atom is -0.460 e. The van der Waals surface area contributed by atoms with E-state index in [1.54, 1.807) is 11.4 Å². The van der Waals surface area contributed by atoms with Gasteiger partial charge in [0.15, 0.2) is 0 Å². The summed E-state index contributed by atoms with van der Waals surface area (Å²) in [5.41, 5.74) is 2.08. The van der Waals surface area contributed by atoms with Crippen LogP contribution in [0.15, 0.2) is 40.8 Å². The Balaban J connectivity index is 1.79. The van der Waals surface area contributed by atoms with Gasteiger partial charge in [-0.2, -0.15) is 13.2 Å². The van der Waals surface area contributed by atoms with Crippen molar-refractivity contribution in [3.05, 3.63) is 47.7 Å². The first-order valence-electron chi connectivity index (χ1n) is 7.03. The van der Waals surface area contributed by atoms with Gasteiger partial charge in [0.1, 0.15) is 18.1 Å². The van der Waals surface area contributed by atoms with Crippen molar-refractivity contribution in [3.8, 4) is 11.3 Å². The molecule has 0 fully saturated rings. The van der Waals surface area contributed by atoms with Gasteiger partial charge in [-0.15, -0.1) is 0 Å². The number of benzene rings is 1. The van der Waals surface area contributed by atoms with Gasteiger partial charge in [-0.25, -0.2) is 0 Å². The molecule has 0 aliphatic heterocycles. The third kappa shape index (κ3) is 5.78. The molecule has 0 bridgehead atoms. The van der Waals surface area contributed by atoms with Crippen molar-refractivity contribution in [2.75, 3.05) is 13.1 Å². The Morgan fingerprint density at radius 1 is 1.13 bits per heavy atom. The molecular formula is C16H17F3N2O2. The fourth-order valence-electron chi connectivity index (χ4n) is 1.91. The lowest BCUT2D eigenvalue weighted by atomic mass is 10.1. The molecule has 0 unspecified atom stereocenters. The van der Waals surface area contributed by atoms with Crippen molar-refractivity contribution in [2.45, 2.75) is 19.6 Å². The standard InChI is InChI=1S/C16H17F3N2O2/c1-11-2-4-12(5-3-11)14-7-6-13(23-14)8-20-9-15(22)21-10-16(17,18)19/h2-7,20H,8-10H2,1H3,(H,21,22). The van der Waals surface area contributed by atoms with Crippen molar-refractivity contribution in [3.63, 3.8) is 0 Å². The molecular weight excluding hydrogens is 309 g/mol. The lowest BCUT2D eigenvalue weighted by Gasteiger charge is -2.08. The number of carbonyl (C=O) groups is 1. The van der Waals surface area contributed by atoms with Gasteiger partial charge in [0.25, 0.3) is 0 Å². The monoisotopic (exact) mass is 326 g/mol. The Labute approximate surface area is 131 Å². The highest BCUT2D eigenvalue weighted by Gasteiger charge is 2.27. The molecule has 2 N–H and O–H groups in total. The van der Waals surface area contributed by atoms with E-state index < -0.39 is 18.6 Å². The maximum absolute atomic E-state index is 11.9. The molecule has 1 heterocycles. The van der Waals surface area contributed by atoms with E-state index in [0.717, 1.165) is 11.1 Å². The lowest BCUT2D eigenvalue weighted by Crippen LogP contribution is -2.39. The number of carbonyl (C=O) groups excluding carboxylic acids is 1. The second kappa shape index (κ2) is 7.32. The summed E-state index contributed by atoms with van der Waals surface area (Å²) in [4.78, 5) is 11.2. The molecule has 23 heavy (non-hydrogen) atoms. The van der Waals surface area contributed by atoms with Crippen molar-refractivity contribution < 1.29 is 22.4 Å². The molecule has 2 aromatic rings. The Morgan fingerprint density at radius 2 is 1.83 bits per heavy atom. The van der Waals surface area contributed by atoms with Gasteiger partial charge in [-0.05, 0) is 19.1 Å². The van der Waals surface area contributed by atoms with Crippen LogP contribution >= 0.6 is 0 Å². The molecule has 2 rings (SSSR count). The molecule has 0 saturated heterocycles. The molecule has 124 valence electrons. The second-order valence-corrected chi connectivity index (χ2v) is 5.13. The second-order valence-electron chi connectivity index (χ2n) is 5.13. The minimum absolute atomic E-state index is 0.212. The number of nitrogens with one attached hydrogen (secondary N) is 2. The van der Waals surface area contributed by atoms with Crippen LogP contribution in [0.3, 0.4) is 0 Å². The highest BCUT2D eigenvalue weighted by molar-refractivity contribution is 5.78. The van der Waals surface area contributed by atoms with Crippen LogP contribution in [-0.4, -0.2) is 25.2 Å². The normalized spacial score (nSPS) is 11.5. The smallest absolute Gasteiger partial charge is 0.405 e. The Kier molecular flexibility index (Phi) is 5.44. The molecule has 7 heteroatoms. The van der Waals surface area contributed by atoms with Gasteiger partial charge in [0.2, 0.25) is 5.91 Å².